The third-order valence-electron chi connectivity index (χ3n) is 2.89. The van der Waals surface area contributed by atoms with Crippen molar-refractivity contribution in [2.24, 2.45) is 5.92 Å². The van der Waals surface area contributed by atoms with Crippen molar-refractivity contribution in [3.8, 4) is 0 Å². The van der Waals surface area contributed by atoms with Gasteiger partial charge in [0, 0.05) is 22.7 Å². The lowest BCUT2D eigenvalue weighted by molar-refractivity contribution is 0.0948. The largest absolute Gasteiger partial charge is 0.399 e. The normalized spacial score (nSPS) is 11.4. The average molecular weight is 311 g/mol. The summed E-state index contributed by atoms with van der Waals surface area (Å²) in [6.07, 6.45) is 0.995. The van der Waals surface area contributed by atoms with Crippen molar-refractivity contribution < 1.29 is 4.79 Å². The van der Waals surface area contributed by atoms with E-state index >= 15 is 0 Å². The van der Waals surface area contributed by atoms with Gasteiger partial charge in [-0.25, -0.2) is 0 Å². The van der Waals surface area contributed by atoms with Gasteiger partial charge in [-0.3, -0.25) is 4.79 Å². The van der Waals surface area contributed by atoms with Crippen LogP contribution in [0, 0.1) is 5.92 Å². The maximum Gasteiger partial charge on any atom is 0.251 e. The average Bonchev–Trinajstić information content (AvgIpc) is 2.88. The Morgan fingerprint density at radius 2 is 2.15 bits per heavy atom. The van der Waals surface area contributed by atoms with Crippen LogP contribution in [-0.2, 0) is 6.42 Å². The molecule has 1 aromatic heterocycles. The molecule has 0 fully saturated rings. The minimum Gasteiger partial charge on any atom is -0.399 e. The molecule has 20 heavy (non-hydrogen) atoms. The molecule has 3 nitrogen and oxygen atoms in total. The van der Waals surface area contributed by atoms with Gasteiger partial charge in [0.05, 0.1) is 0 Å². The van der Waals surface area contributed by atoms with Crippen molar-refractivity contribution in [3.63, 3.8) is 0 Å². The van der Waals surface area contributed by atoms with E-state index < -0.39 is 0 Å². The standard InChI is InChI=1S/C15H18N2OS.ClH/c1-11(8-14-6-3-7-19-14)10-17-15(18)12-4-2-5-13(16)9-12;/h2-7,9,11H,8,10,16H2,1H3,(H,17,18);1H. The molecule has 3 N–H and O–H groups in total. The van der Waals surface area contributed by atoms with E-state index in [1.54, 1.807) is 35.6 Å². The number of hydrogen-bond acceptors (Lipinski definition) is 3. The molecule has 2 aromatic rings. The van der Waals surface area contributed by atoms with E-state index in [1.165, 1.54) is 4.88 Å². The second kappa shape index (κ2) is 7.92. The summed E-state index contributed by atoms with van der Waals surface area (Å²) in [5.74, 6) is 0.356. The van der Waals surface area contributed by atoms with Crippen LogP contribution in [0.5, 0.6) is 0 Å². The molecule has 1 heterocycles. The molecular weight excluding hydrogens is 292 g/mol. The van der Waals surface area contributed by atoms with E-state index in [9.17, 15) is 4.79 Å². The number of amides is 1. The van der Waals surface area contributed by atoms with Crippen LogP contribution in [0.4, 0.5) is 5.69 Å². The highest BCUT2D eigenvalue weighted by Gasteiger charge is 2.09. The summed E-state index contributed by atoms with van der Waals surface area (Å²) in [4.78, 5) is 13.3. The Labute approximate surface area is 129 Å². The number of carbonyl (C=O) groups is 1. The van der Waals surface area contributed by atoms with E-state index in [-0.39, 0.29) is 18.3 Å². The fraction of sp³-hybridized carbons (Fsp3) is 0.267. The fourth-order valence-electron chi connectivity index (χ4n) is 1.89. The lowest BCUT2D eigenvalue weighted by atomic mass is 10.1. The zero-order valence-electron chi connectivity index (χ0n) is 11.3. The molecule has 0 aliphatic carbocycles. The van der Waals surface area contributed by atoms with Crippen LogP contribution in [0.15, 0.2) is 41.8 Å². The Bertz CT molecular complexity index is 543. The predicted octanol–water partition coefficient (Wildman–Crippen LogP) is 3.36. The van der Waals surface area contributed by atoms with E-state index in [1.807, 2.05) is 0 Å². The van der Waals surface area contributed by atoms with Gasteiger partial charge in [-0.1, -0.05) is 19.1 Å². The molecule has 1 aromatic carbocycles. The van der Waals surface area contributed by atoms with Crippen molar-refractivity contribution in [1.29, 1.82) is 0 Å². The number of thiophene rings is 1. The number of halogens is 1. The minimum absolute atomic E-state index is 0. The quantitative estimate of drug-likeness (QED) is 0.832. The Kier molecular flexibility index (Phi) is 6.55. The smallest absolute Gasteiger partial charge is 0.251 e. The summed E-state index contributed by atoms with van der Waals surface area (Å²) in [5, 5.41) is 5.03. The second-order valence-corrected chi connectivity index (χ2v) is 5.76. The Morgan fingerprint density at radius 3 is 2.80 bits per heavy atom. The predicted molar refractivity (Wildman–Crippen MR) is 87.6 cm³/mol. The van der Waals surface area contributed by atoms with Crippen molar-refractivity contribution in [2.45, 2.75) is 13.3 Å². The third kappa shape index (κ3) is 4.87. The number of benzene rings is 1. The summed E-state index contributed by atoms with van der Waals surface area (Å²) in [6.45, 7) is 2.81. The summed E-state index contributed by atoms with van der Waals surface area (Å²) in [7, 11) is 0. The van der Waals surface area contributed by atoms with Gasteiger partial charge >= 0.3 is 0 Å². The van der Waals surface area contributed by atoms with Crippen molar-refractivity contribution in [3.05, 3.63) is 52.2 Å². The topological polar surface area (TPSA) is 55.1 Å². The van der Waals surface area contributed by atoms with Crippen LogP contribution in [0.25, 0.3) is 0 Å². The van der Waals surface area contributed by atoms with Crippen molar-refractivity contribution in [1.82, 2.24) is 5.32 Å². The SMILES string of the molecule is CC(CNC(=O)c1cccc(N)c1)Cc1cccs1.Cl. The number of hydrogen-bond donors (Lipinski definition) is 2. The number of carbonyl (C=O) groups excluding carboxylic acids is 1. The fourth-order valence-corrected chi connectivity index (χ4v) is 2.76. The lowest BCUT2D eigenvalue weighted by Crippen LogP contribution is -2.29. The van der Waals surface area contributed by atoms with Crippen molar-refractivity contribution in [2.75, 3.05) is 12.3 Å². The highest BCUT2D eigenvalue weighted by atomic mass is 35.5. The molecule has 0 aliphatic heterocycles. The van der Waals surface area contributed by atoms with Gasteiger partial charge in [0.1, 0.15) is 0 Å². The summed E-state index contributed by atoms with van der Waals surface area (Å²) >= 11 is 1.75. The number of anilines is 1. The molecule has 2 rings (SSSR count). The van der Waals surface area contributed by atoms with E-state index in [2.05, 4.69) is 29.8 Å². The van der Waals surface area contributed by atoms with Gasteiger partial charge in [0.2, 0.25) is 0 Å². The molecule has 0 saturated heterocycles. The minimum atomic E-state index is -0.0645. The van der Waals surface area contributed by atoms with Gasteiger partial charge in [-0.2, -0.15) is 0 Å². The number of nitrogens with two attached hydrogens (primary N) is 1. The zero-order valence-corrected chi connectivity index (χ0v) is 13.0. The number of rotatable bonds is 5. The summed E-state index contributed by atoms with van der Waals surface area (Å²) < 4.78 is 0. The summed E-state index contributed by atoms with van der Waals surface area (Å²) in [6, 6.07) is 11.2. The first kappa shape index (κ1) is 16.5. The Hall–Kier alpha value is -1.52. The highest BCUT2D eigenvalue weighted by Crippen LogP contribution is 2.14. The molecule has 0 aliphatic rings. The van der Waals surface area contributed by atoms with Crippen LogP contribution < -0.4 is 11.1 Å². The molecule has 1 amide bonds. The first-order valence-corrected chi connectivity index (χ1v) is 7.19. The van der Waals surface area contributed by atoms with Crippen LogP contribution >= 0.6 is 23.7 Å². The van der Waals surface area contributed by atoms with E-state index in [0.717, 1.165) is 6.42 Å². The van der Waals surface area contributed by atoms with Gasteiger partial charge in [0.15, 0.2) is 0 Å². The Balaban J connectivity index is 0.00000200. The van der Waals surface area contributed by atoms with E-state index in [0.29, 0.717) is 23.7 Å². The first-order chi connectivity index (χ1) is 9.15. The molecule has 108 valence electrons. The molecule has 1 unspecified atom stereocenters. The van der Waals surface area contributed by atoms with Crippen LogP contribution in [0.2, 0.25) is 0 Å². The third-order valence-corrected chi connectivity index (χ3v) is 3.79. The first-order valence-electron chi connectivity index (χ1n) is 6.31. The molecule has 0 radical (unpaired) electrons. The number of nitrogens with one attached hydrogen (secondary N) is 1. The highest BCUT2D eigenvalue weighted by molar-refractivity contribution is 7.09. The van der Waals surface area contributed by atoms with E-state index in [4.69, 9.17) is 5.73 Å². The van der Waals surface area contributed by atoms with Crippen LogP contribution in [-0.4, -0.2) is 12.5 Å². The molecule has 0 saturated carbocycles. The van der Waals surface area contributed by atoms with Gasteiger partial charge in [-0.05, 0) is 42.0 Å². The Morgan fingerprint density at radius 1 is 1.35 bits per heavy atom. The van der Waals surface area contributed by atoms with Gasteiger partial charge in [0.25, 0.3) is 5.91 Å². The molecule has 5 heteroatoms. The van der Waals surface area contributed by atoms with Crippen LogP contribution in [0.3, 0.4) is 0 Å². The van der Waals surface area contributed by atoms with Gasteiger partial charge < -0.3 is 11.1 Å². The molecule has 0 spiro atoms. The van der Waals surface area contributed by atoms with Crippen molar-refractivity contribution >= 4 is 35.3 Å². The summed E-state index contributed by atoms with van der Waals surface area (Å²) in [5.41, 5.74) is 6.89. The monoisotopic (exact) mass is 310 g/mol. The maximum absolute atomic E-state index is 11.9. The van der Waals surface area contributed by atoms with Gasteiger partial charge in [-0.15, -0.1) is 23.7 Å². The number of nitrogen functional groups attached to an aromatic ring is 1. The molecule has 1 atom stereocenters. The maximum atomic E-state index is 11.9. The molecular formula is C15H19ClN2OS. The second-order valence-electron chi connectivity index (χ2n) is 4.72. The zero-order chi connectivity index (χ0) is 13.7. The lowest BCUT2D eigenvalue weighted by Gasteiger charge is -2.12. The molecule has 0 bridgehead atoms. The van der Waals surface area contributed by atoms with Crippen LogP contribution in [0.1, 0.15) is 22.2 Å².